The minimum atomic E-state index is 0.729. The number of nitrogens with one attached hydrogen (secondary N) is 2. The Hall–Kier alpha value is -3.54. The predicted molar refractivity (Wildman–Crippen MR) is 92.2 cm³/mol. The minimum Gasteiger partial charge on any atom is -0.337 e. The van der Waals surface area contributed by atoms with E-state index >= 15 is 0 Å². The van der Waals surface area contributed by atoms with Crippen molar-refractivity contribution in [3.8, 4) is 22.6 Å². The van der Waals surface area contributed by atoms with Crippen LogP contribution in [0.5, 0.6) is 0 Å². The molecule has 24 heavy (non-hydrogen) atoms. The van der Waals surface area contributed by atoms with Crippen LogP contribution in [-0.2, 0) is 0 Å². The number of H-pyrrole nitrogens is 2. The fourth-order valence-corrected chi connectivity index (χ4v) is 2.84. The van der Waals surface area contributed by atoms with Crippen molar-refractivity contribution in [2.75, 3.05) is 0 Å². The van der Waals surface area contributed by atoms with Gasteiger partial charge in [-0.25, -0.2) is 9.97 Å². The van der Waals surface area contributed by atoms with Gasteiger partial charge in [0.25, 0.3) is 0 Å². The summed E-state index contributed by atoms with van der Waals surface area (Å²) in [7, 11) is 0. The maximum atomic E-state index is 4.63. The average molecular weight is 312 g/mol. The number of nitrogens with zero attached hydrogens (tertiary/aromatic N) is 4. The lowest BCUT2D eigenvalue weighted by molar-refractivity contribution is 1.09. The number of hydrogen-bond donors (Lipinski definition) is 2. The number of imidazole rings is 1. The largest absolute Gasteiger partial charge is 0.337 e. The number of pyridine rings is 2. The quantitative estimate of drug-likeness (QED) is 0.522. The van der Waals surface area contributed by atoms with Crippen molar-refractivity contribution in [3.63, 3.8) is 0 Å². The molecule has 0 atom stereocenters. The van der Waals surface area contributed by atoms with E-state index in [0.717, 1.165) is 44.7 Å². The molecule has 1 aromatic carbocycles. The van der Waals surface area contributed by atoms with Gasteiger partial charge in [-0.3, -0.25) is 10.1 Å². The van der Waals surface area contributed by atoms with Crippen molar-refractivity contribution in [2.45, 2.75) is 0 Å². The summed E-state index contributed by atoms with van der Waals surface area (Å²) in [6.45, 7) is 0. The number of aromatic nitrogens is 6. The summed E-state index contributed by atoms with van der Waals surface area (Å²) in [5.74, 6) is 0.729. The zero-order valence-corrected chi connectivity index (χ0v) is 12.6. The van der Waals surface area contributed by atoms with Crippen LogP contribution in [0.15, 0.2) is 61.1 Å². The molecule has 0 aliphatic heterocycles. The van der Waals surface area contributed by atoms with E-state index in [1.54, 1.807) is 6.20 Å². The van der Waals surface area contributed by atoms with Crippen molar-refractivity contribution >= 4 is 22.1 Å². The van der Waals surface area contributed by atoms with Crippen LogP contribution in [0.3, 0.4) is 0 Å². The first-order valence-corrected chi connectivity index (χ1v) is 7.58. The van der Waals surface area contributed by atoms with E-state index in [9.17, 15) is 0 Å². The first kappa shape index (κ1) is 13.0. The lowest BCUT2D eigenvalue weighted by Crippen LogP contribution is -1.84. The van der Waals surface area contributed by atoms with Gasteiger partial charge >= 0.3 is 0 Å². The smallest absolute Gasteiger partial charge is 0.159 e. The van der Waals surface area contributed by atoms with Gasteiger partial charge in [-0.2, -0.15) is 5.10 Å². The predicted octanol–water partition coefficient (Wildman–Crippen LogP) is 3.56. The third-order valence-corrected chi connectivity index (χ3v) is 4.02. The Morgan fingerprint density at radius 3 is 2.75 bits per heavy atom. The zero-order valence-electron chi connectivity index (χ0n) is 12.6. The summed E-state index contributed by atoms with van der Waals surface area (Å²) in [6.07, 6.45) is 5.40. The first-order valence-electron chi connectivity index (χ1n) is 7.58. The van der Waals surface area contributed by atoms with Gasteiger partial charge in [0, 0.05) is 29.7 Å². The molecule has 0 aliphatic rings. The summed E-state index contributed by atoms with van der Waals surface area (Å²) in [6, 6.07) is 13.9. The van der Waals surface area contributed by atoms with Crippen LogP contribution in [0.2, 0.25) is 0 Å². The molecule has 6 heteroatoms. The van der Waals surface area contributed by atoms with Gasteiger partial charge in [0.05, 0.1) is 16.4 Å². The molecule has 0 spiro atoms. The molecule has 5 rings (SSSR count). The highest BCUT2D eigenvalue weighted by Gasteiger charge is 2.14. The minimum absolute atomic E-state index is 0.729. The van der Waals surface area contributed by atoms with E-state index < -0.39 is 0 Å². The number of benzene rings is 1. The molecule has 6 nitrogen and oxygen atoms in total. The molecule has 0 aliphatic carbocycles. The SMILES string of the molecule is c1cncc(-c2cnc3[nH]nc(-c4nc5ccccc5[nH]4)c3c2)c1. The van der Waals surface area contributed by atoms with E-state index in [1.807, 2.05) is 48.8 Å². The Kier molecular flexibility index (Phi) is 2.69. The molecular formula is C18H12N6. The number of para-hydroxylation sites is 2. The Balaban J connectivity index is 1.71. The lowest BCUT2D eigenvalue weighted by atomic mass is 10.1. The summed E-state index contributed by atoms with van der Waals surface area (Å²) in [5, 5.41) is 8.30. The van der Waals surface area contributed by atoms with E-state index in [0.29, 0.717) is 0 Å². The fourth-order valence-electron chi connectivity index (χ4n) is 2.84. The van der Waals surface area contributed by atoms with Crippen LogP contribution < -0.4 is 0 Å². The van der Waals surface area contributed by atoms with E-state index in [-0.39, 0.29) is 0 Å². The van der Waals surface area contributed by atoms with Crippen LogP contribution in [0, 0.1) is 0 Å². The van der Waals surface area contributed by atoms with Crippen LogP contribution in [0.4, 0.5) is 0 Å². The third kappa shape index (κ3) is 1.97. The molecule has 0 bridgehead atoms. The van der Waals surface area contributed by atoms with Crippen molar-refractivity contribution in [3.05, 3.63) is 61.1 Å². The second kappa shape index (κ2) is 4.99. The number of aromatic amines is 2. The van der Waals surface area contributed by atoms with Gasteiger partial charge in [0.2, 0.25) is 0 Å². The molecule has 0 saturated carbocycles. The first-order chi connectivity index (χ1) is 11.9. The molecule has 4 heterocycles. The molecule has 0 unspecified atom stereocenters. The Morgan fingerprint density at radius 1 is 0.917 bits per heavy atom. The van der Waals surface area contributed by atoms with Gasteiger partial charge in [-0.05, 0) is 24.3 Å². The van der Waals surface area contributed by atoms with Crippen molar-refractivity contribution in [2.24, 2.45) is 0 Å². The van der Waals surface area contributed by atoms with Gasteiger partial charge in [0.15, 0.2) is 11.5 Å². The molecule has 0 fully saturated rings. The van der Waals surface area contributed by atoms with Crippen LogP contribution in [0.25, 0.3) is 44.7 Å². The van der Waals surface area contributed by atoms with Gasteiger partial charge in [-0.15, -0.1) is 0 Å². The fraction of sp³-hybridized carbons (Fsp3) is 0. The van der Waals surface area contributed by atoms with Gasteiger partial charge in [0.1, 0.15) is 5.69 Å². The molecule has 4 aromatic heterocycles. The number of fused-ring (bicyclic) bond motifs is 2. The van der Waals surface area contributed by atoms with Gasteiger partial charge < -0.3 is 4.98 Å². The standard InChI is InChI=1S/C18H12N6/c1-2-6-15-14(5-1)21-18(22-15)16-13-8-12(10-20-17(13)24-23-16)11-4-3-7-19-9-11/h1-10H,(H,21,22)(H,20,23,24). The average Bonchev–Trinajstić information content (AvgIpc) is 3.25. The Labute approximate surface area is 136 Å². The van der Waals surface area contributed by atoms with E-state index in [4.69, 9.17) is 0 Å². The second-order valence-electron chi connectivity index (χ2n) is 5.54. The molecule has 0 saturated heterocycles. The zero-order chi connectivity index (χ0) is 15.9. The lowest BCUT2D eigenvalue weighted by Gasteiger charge is -2.00. The summed E-state index contributed by atoms with van der Waals surface area (Å²) >= 11 is 0. The van der Waals surface area contributed by atoms with E-state index in [1.165, 1.54) is 0 Å². The van der Waals surface area contributed by atoms with Gasteiger partial charge in [-0.1, -0.05) is 18.2 Å². The molecular weight excluding hydrogens is 300 g/mol. The highest BCUT2D eigenvalue weighted by Crippen LogP contribution is 2.28. The molecule has 5 aromatic rings. The topological polar surface area (TPSA) is 83.1 Å². The van der Waals surface area contributed by atoms with E-state index in [2.05, 4.69) is 36.2 Å². The summed E-state index contributed by atoms with van der Waals surface area (Å²) in [5.41, 5.74) is 5.41. The second-order valence-corrected chi connectivity index (χ2v) is 5.54. The maximum Gasteiger partial charge on any atom is 0.159 e. The highest BCUT2D eigenvalue weighted by atomic mass is 15.2. The molecule has 2 N–H and O–H groups in total. The van der Waals surface area contributed by atoms with Crippen LogP contribution in [-0.4, -0.2) is 30.1 Å². The monoisotopic (exact) mass is 312 g/mol. The molecule has 114 valence electrons. The van der Waals surface area contributed by atoms with Crippen molar-refractivity contribution < 1.29 is 0 Å². The molecule has 0 amide bonds. The van der Waals surface area contributed by atoms with Crippen molar-refractivity contribution in [1.29, 1.82) is 0 Å². The van der Waals surface area contributed by atoms with Crippen molar-refractivity contribution in [1.82, 2.24) is 30.1 Å². The highest BCUT2D eigenvalue weighted by molar-refractivity contribution is 5.93. The Morgan fingerprint density at radius 2 is 1.88 bits per heavy atom. The summed E-state index contributed by atoms with van der Waals surface area (Å²) in [4.78, 5) is 16.6. The van der Waals surface area contributed by atoms with Crippen LogP contribution in [0.1, 0.15) is 0 Å². The maximum absolute atomic E-state index is 4.63. The normalized spacial score (nSPS) is 11.3. The Bertz CT molecular complexity index is 1120. The van der Waals surface area contributed by atoms with Crippen LogP contribution >= 0.6 is 0 Å². The third-order valence-electron chi connectivity index (χ3n) is 4.02. The molecule has 0 radical (unpaired) electrons. The summed E-state index contributed by atoms with van der Waals surface area (Å²) < 4.78 is 0. The number of hydrogen-bond acceptors (Lipinski definition) is 4. The number of rotatable bonds is 2.